The van der Waals surface area contributed by atoms with Crippen LogP contribution in [0.15, 0.2) is 66.0 Å². The molecule has 0 amide bonds. The van der Waals surface area contributed by atoms with Gasteiger partial charge in [-0.1, -0.05) is 35.3 Å². The predicted octanol–water partition coefficient (Wildman–Crippen LogP) is 6.94. The zero-order valence-electron chi connectivity index (χ0n) is 22.4. The average molecular weight is 632 g/mol. The summed E-state index contributed by atoms with van der Waals surface area (Å²) in [5.74, 6) is 0. The van der Waals surface area contributed by atoms with Gasteiger partial charge in [0.15, 0.2) is 5.65 Å². The molecule has 4 aromatic rings. The Balaban J connectivity index is 1.38. The van der Waals surface area contributed by atoms with Crippen LogP contribution in [0.5, 0.6) is 0 Å². The van der Waals surface area contributed by atoms with E-state index < -0.39 is 20.4 Å². The van der Waals surface area contributed by atoms with Crippen LogP contribution in [0.1, 0.15) is 42.5 Å². The number of ether oxygens (including phenoxy) is 2. The van der Waals surface area contributed by atoms with Crippen LogP contribution < -0.4 is 5.73 Å². The van der Waals surface area contributed by atoms with Gasteiger partial charge in [-0.3, -0.25) is 0 Å². The number of nitrogen functional groups attached to an aromatic ring is 1. The van der Waals surface area contributed by atoms with Crippen LogP contribution in [0.3, 0.4) is 0 Å². The van der Waals surface area contributed by atoms with Gasteiger partial charge in [-0.2, -0.15) is 0 Å². The average Bonchev–Trinajstić information content (AvgIpc) is 3.56. The Labute approximate surface area is 252 Å². The van der Waals surface area contributed by atoms with Crippen LogP contribution >= 0.6 is 34.5 Å². The molecule has 6 rings (SSSR count). The van der Waals surface area contributed by atoms with Crippen LogP contribution in [0, 0.1) is 0 Å². The van der Waals surface area contributed by atoms with E-state index in [1.54, 1.807) is 62.8 Å². The van der Waals surface area contributed by atoms with Crippen LogP contribution in [-0.4, -0.2) is 41.0 Å². The Kier molecular flexibility index (Phi) is 7.28. The van der Waals surface area contributed by atoms with Gasteiger partial charge < -0.3 is 15.2 Å². The fourth-order valence-corrected chi connectivity index (χ4v) is 8.92. The number of thiazole rings is 1. The van der Waals surface area contributed by atoms with Crippen molar-refractivity contribution in [3.8, 4) is 11.3 Å². The second-order valence-corrected chi connectivity index (χ2v) is 14.6. The molecular formula is C29H28Cl2N4O4S2. The van der Waals surface area contributed by atoms with E-state index in [9.17, 15) is 8.42 Å². The minimum atomic E-state index is -4.08. The molecule has 2 aliphatic rings. The zero-order valence-corrected chi connectivity index (χ0v) is 25.6. The Bertz CT molecular complexity index is 1830. The molecule has 1 saturated carbocycles. The highest BCUT2D eigenvalue weighted by Crippen LogP contribution is 2.48. The maximum atomic E-state index is 14.5. The van der Waals surface area contributed by atoms with Crippen molar-refractivity contribution in [2.75, 3.05) is 19.6 Å². The van der Waals surface area contributed by atoms with E-state index in [-0.39, 0.29) is 13.2 Å². The summed E-state index contributed by atoms with van der Waals surface area (Å²) in [5.41, 5.74) is 8.02. The van der Waals surface area contributed by atoms with Crippen LogP contribution in [0.4, 0.5) is 5.69 Å². The second kappa shape index (κ2) is 10.5. The number of allylic oxidation sites excluding steroid dienone is 3. The molecule has 214 valence electrons. The molecule has 3 aromatic heterocycles. The van der Waals surface area contributed by atoms with Gasteiger partial charge in [0.05, 0.1) is 21.3 Å². The fourth-order valence-electron chi connectivity index (χ4n) is 5.25. The van der Waals surface area contributed by atoms with E-state index >= 15 is 0 Å². The number of pyridine rings is 1. The summed E-state index contributed by atoms with van der Waals surface area (Å²) < 4.78 is 40.1. The van der Waals surface area contributed by atoms with Gasteiger partial charge in [-0.15, -0.1) is 11.3 Å². The Hall–Kier alpha value is -2.73. The van der Waals surface area contributed by atoms with Gasteiger partial charge in [0, 0.05) is 41.1 Å². The van der Waals surface area contributed by atoms with E-state index in [4.69, 9.17) is 38.4 Å². The van der Waals surface area contributed by atoms with Crippen molar-refractivity contribution in [1.82, 2.24) is 13.9 Å². The molecule has 1 aromatic carbocycles. The van der Waals surface area contributed by atoms with E-state index in [1.807, 2.05) is 12.1 Å². The molecule has 1 fully saturated rings. The molecule has 0 aliphatic heterocycles. The van der Waals surface area contributed by atoms with Crippen molar-refractivity contribution in [2.24, 2.45) is 0 Å². The van der Waals surface area contributed by atoms with Gasteiger partial charge in [0.1, 0.15) is 22.1 Å². The summed E-state index contributed by atoms with van der Waals surface area (Å²) in [6, 6.07) is 10.5. The van der Waals surface area contributed by atoms with Gasteiger partial charge >= 0.3 is 0 Å². The highest BCUT2D eigenvalue weighted by Gasteiger charge is 2.45. The molecule has 2 aliphatic carbocycles. The molecule has 12 heteroatoms. The summed E-state index contributed by atoms with van der Waals surface area (Å²) in [7, 11) is -2.48. The number of methoxy groups -OCH3 is 1. The molecule has 0 spiro atoms. The van der Waals surface area contributed by atoms with Gasteiger partial charge in [0.2, 0.25) is 10.0 Å². The quantitative estimate of drug-likeness (QED) is 0.166. The topological polar surface area (TPSA) is 109 Å². The normalized spacial score (nSPS) is 20.5. The number of anilines is 1. The van der Waals surface area contributed by atoms with Crippen molar-refractivity contribution in [2.45, 2.75) is 43.0 Å². The molecule has 3 heterocycles. The number of halogens is 2. The number of aromatic nitrogens is 3. The third kappa shape index (κ3) is 4.70. The lowest BCUT2D eigenvalue weighted by Crippen LogP contribution is -2.39. The summed E-state index contributed by atoms with van der Waals surface area (Å²) in [4.78, 5) is 9.94. The Morgan fingerprint density at radius 2 is 1.98 bits per heavy atom. The number of nitrogens with two attached hydrogens (primary N) is 1. The van der Waals surface area contributed by atoms with Crippen molar-refractivity contribution in [3.63, 3.8) is 0 Å². The Morgan fingerprint density at radius 3 is 2.66 bits per heavy atom. The molecule has 1 unspecified atom stereocenters. The van der Waals surface area contributed by atoms with Crippen molar-refractivity contribution >= 4 is 66.9 Å². The maximum Gasteiger partial charge on any atom is 0.250 e. The number of benzene rings is 1. The minimum absolute atomic E-state index is 0.196. The number of fused-ring (bicyclic) bond motifs is 1. The maximum absolute atomic E-state index is 14.5. The molecule has 0 bridgehead atoms. The Morgan fingerprint density at radius 1 is 1.17 bits per heavy atom. The molecule has 1 atom stereocenters. The van der Waals surface area contributed by atoms with Crippen molar-refractivity contribution in [1.29, 1.82) is 0 Å². The zero-order chi connectivity index (χ0) is 29.0. The fraction of sp³-hybridized carbons (Fsp3) is 0.310. The predicted molar refractivity (Wildman–Crippen MR) is 164 cm³/mol. The smallest absolute Gasteiger partial charge is 0.250 e. The SMILES string of the molecule is COCOC1(c2ncc(C3=CCC(C)(S(=O)(=O)n4c(-c5ccc(N)c(Cl)c5)cc5cccnc54)C=C3Cl)s2)CCC1. The van der Waals surface area contributed by atoms with E-state index in [0.717, 1.165) is 34.7 Å². The number of hydrogen-bond acceptors (Lipinski definition) is 8. The third-order valence-corrected chi connectivity index (χ3v) is 12.0. The monoisotopic (exact) mass is 630 g/mol. The molecule has 8 nitrogen and oxygen atoms in total. The number of nitrogens with zero attached hydrogens (tertiary/aromatic N) is 3. The van der Waals surface area contributed by atoms with E-state index in [0.29, 0.717) is 38.0 Å². The molecule has 0 radical (unpaired) electrons. The molecule has 0 saturated heterocycles. The number of rotatable bonds is 8. The van der Waals surface area contributed by atoms with Crippen LogP contribution in [0.25, 0.3) is 27.9 Å². The standard InChI is InChI=1S/C29H28Cl2N4O4S2/c1-28(11-8-20(22(31)15-28)25-16-34-27(40-25)29(9-4-10-29)39-17-38-2)41(36,37)35-24(14-19-5-3-12-33-26(19)35)18-6-7-23(32)21(30)13-18/h3,5-8,12-16H,4,9-11,17,32H2,1-2H3. The van der Waals surface area contributed by atoms with E-state index in [1.165, 1.54) is 15.3 Å². The minimum Gasteiger partial charge on any atom is -0.398 e. The molecule has 41 heavy (non-hydrogen) atoms. The van der Waals surface area contributed by atoms with Gasteiger partial charge in [0.25, 0.3) is 0 Å². The summed E-state index contributed by atoms with van der Waals surface area (Å²) in [5, 5.41) is 2.24. The largest absolute Gasteiger partial charge is 0.398 e. The lowest BCUT2D eigenvalue weighted by molar-refractivity contribution is -0.171. The highest BCUT2D eigenvalue weighted by atomic mass is 35.5. The van der Waals surface area contributed by atoms with Crippen LogP contribution in [-0.2, 0) is 25.1 Å². The van der Waals surface area contributed by atoms with Crippen molar-refractivity contribution < 1.29 is 17.9 Å². The van der Waals surface area contributed by atoms with Gasteiger partial charge in [-0.25, -0.2) is 22.4 Å². The summed E-state index contributed by atoms with van der Waals surface area (Å²) >= 11 is 14.7. The number of hydrogen-bond donors (Lipinski definition) is 1. The van der Waals surface area contributed by atoms with Crippen LogP contribution in [0.2, 0.25) is 5.02 Å². The first-order valence-corrected chi connectivity index (χ1v) is 16.1. The first kappa shape index (κ1) is 28.4. The lowest BCUT2D eigenvalue weighted by atomic mass is 9.80. The summed E-state index contributed by atoms with van der Waals surface area (Å²) in [6.45, 7) is 1.87. The van der Waals surface area contributed by atoms with Crippen molar-refractivity contribution in [3.05, 3.63) is 80.9 Å². The lowest BCUT2D eigenvalue weighted by Gasteiger charge is -2.39. The third-order valence-electron chi connectivity index (χ3n) is 7.82. The summed E-state index contributed by atoms with van der Waals surface area (Å²) in [6.07, 6.45) is 9.87. The first-order chi connectivity index (χ1) is 19.6. The highest BCUT2D eigenvalue weighted by molar-refractivity contribution is 7.91. The second-order valence-electron chi connectivity index (χ2n) is 10.5. The van der Waals surface area contributed by atoms with E-state index in [2.05, 4.69) is 9.97 Å². The molecule has 2 N–H and O–H groups in total. The molecular weight excluding hydrogens is 603 g/mol. The first-order valence-electron chi connectivity index (χ1n) is 13.0. The van der Waals surface area contributed by atoms with Gasteiger partial charge in [-0.05, 0) is 69.0 Å².